The van der Waals surface area contributed by atoms with Crippen molar-refractivity contribution < 1.29 is 0 Å². The molecule has 1 saturated heterocycles. The van der Waals surface area contributed by atoms with Crippen LogP contribution >= 0.6 is 0 Å². The third kappa shape index (κ3) is 1.20. The molecule has 1 unspecified atom stereocenters. The van der Waals surface area contributed by atoms with Crippen molar-refractivity contribution in [2.75, 3.05) is 6.54 Å². The van der Waals surface area contributed by atoms with E-state index in [1.54, 1.807) is 0 Å². The Morgan fingerprint density at radius 2 is 2.38 bits per heavy atom. The molecule has 1 aliphatic heterocycles. The van der Waals surface area contributed by atoms with Gasteiger partial charge in [-0.05, 0) is 19.8 Å². The molecule has 0 spiro atoms. The first kappa shape index (κ1) is 6.05. The summed E-state index contributed by atoms with van der Waals surface area (Å²) >= 11 is 0. The minimum absolute atomic E-state index is 0.602. The maximum atomic E-state index is 5.43. The molecular formula is C6H14N2. The fourth-order valence-electron chi connectivity index (χ4n) is 1.21. The standard InChI is InChI=1S/C6H14N2/c1-5-2-3-6(4-7)8-5/h5-6,8H,2-4,7H2,1H3/t5-,6?/m1/s1. The van der Waals surface area contributed by atoms with Crippen LogP contribution in [0.3, 0.4) is 0 Å². The van der Waals surface area contributed by atoms with Gasteiger partial charge in [0.15, 0.2) is 0 Å². The van der Waals surface area contributed by atoms with Crippen LogP contribution in [0.5, 0.6) is 0 Å². The number of nitrogens with two attached hydrogens (primary N) is 1. The summed E-state index contributed by atoms with van der Waals surface area (Å²) in [6.45, 7) is 3.00. The van der Waals surface area contributed by atoms with E-state index in [1.165, 1.54) is 12.8 Å². The molecule has 0 amide bonds. The Hall–Kier alpha value is -0.0800. The van der Waals surface area contributed by atoms with Crippen LogP contribution < -0.4 is 11.1 Å². The number of hydrogen-bond acceptors (Lipinski definition) is 2. The highest BCUT2D eigenvalue weighted by Crippen LogP contribution is 2.09. The van der Waals surface area contributed by atoms with Crippen molar-refractivity contribution in [1.29, 1.82) is 0 Å². The summed E-state index contributed by atoms with van der Waals surface area (Å²) in [5.74, 6) is 0. The summed E-state index contributed by atoms with van der Waals surface area (Å²) in [4.78, 5) is 0. The first-order valence-corrected chi connectivity index (χ1v) is 3.29. The zero-order valence-corrected chi connectivity index (χ0v) is 5.35. The van der Waals surface area contributed by atoms with Crippen LogP contribution in [-0.4, -0.2) is 18.6 Å². The van der Waals surface area contributed by atoms with Gasteiger partial charge < -0.3 is 11.1 Å². The first-order chi connectivity index (χ1) is 3.83. The molecular weight excluding hydrogens is 100 g/mol. The second-order valence-corrected chi connectivity index (χ2v) is 2.58. The maximum absolute atomic E-state index is 5.43. The van der Waals surface area contributed by atoms with Gasteiger partial charge >= 0.3 is 0 Å². The SMILES string of the molecule is C[C@@H]1CCC(CN)N1. The van der Waals surface area contributed by atoms with Crippen LogP contribution in [-0.2, 0) is 0 Å². The average molecular weight is 114 g/mol. The second-order valence-electron chi connectivity index (χ2n) is 2.58. The molecule has 48 valence electrons. The Morgan fingerprint density at radius 1 is 1.62 bits per heavy atom. The van der Waals surface area contributed by atoms with E-state index in [4.69, 9.17) is 5.73 Å². The molecule has 8 heavy (non-hydrogen) atoms. The molecule has 3 N–H and O–H groups in total. The molecule has 2 nitrogen and oxygen atoms in total. The van der Waals surface area contributed by atoms with Gasteiger partial charge in [0.05, 0.1) is 0 Å². The quantitative estimate of drug-likeness (QED) is 0.507. The lowest BCUT2D eigenvalue weighted by molar-refractivity contribution is 0.568. The predicted octanol–water partition coefficient (Wildman–Crippen LogP) is 0.0856. The van der Waals surface area contributed by atoms with E-state index in [9.17, 15) is 0 Å². The van der Waals surface area contributed by atoms with Gasteiger partial charge in [-0.2, -0.15) is 0 Å². The highest BCUT2D eigenvalue weighted by molar-refractivity contribution is 4.80. The largest absolute Gasteiger partial charge is 0.329 e. The van der Waals surface area contributed by atoms with Gasteiger partial charge in [0.25, 0.3) is 0 Å². The van der Waals surface area contributed by atoms with E-state index in [0.717, 1.165) is 6.54 Å². The smallest absolute Gasteiger partial charge is 0.0193 e. The molecule has 1 rings (SSSR count). The highest BCUT2D eigenvalue weighted by Gasteiger charge is 2.17. The van der Waals surface area contributed by atoms with E-state index in [2.05, 4.69) is 12.2 Å². The lowest BCUT2D eigenvalue weighted by Crippen LogP contribution is -2.33. The average Bonchev–Trinajstić information content (AvgIpc) is 2.14. The lowest BCUT2D eigenvalue weighted by atomic mass is 10.2. The lowest BCUT2D eigenvalue weighted by Gasteiger charge is -2.06. The van der Waals surface area contributed by atoms with Crippen molar-refractivity contribution in [2.24, 2.45) is 5.73 Å². The molecule has 0 bridgehead atoms. The van der Waals surface area contributed by atoms with Gasteiger partial charge in [-0.1, -0.05) is 0 Å². The van der Waals surface area contributed by atoms with Crippen LogP contribution in [0.15, 0.2) is 0 Å². The third-order valence-electron chi connectivity index (χ3n) is 1.75. The van der Waals surface area contributed by atoms with Crippen molar-refractivity contribution in [3.63, 3.8) is 0 Å². The van der Waals surface area contributed by atoms with Gasteiger partial charge in [0, 0.05) is 18.6 Å². The van der Waals surface area contributed by atoms with Crippen molar-refractivity contribution in [2.45, 2.75) is 31.8 Å². The van der Waals surface area contributed by atoms with Gasteiger partial charge in [-0.15, -0.1) is 0 Å². The molecule has 0 aromatic rings. The van der Waals surface area contributed by atoms with Crippen molar-refractivity contribution in [1.82, 2.24) is 5.32 Å². The monoisotopic (exact) mass is 114 g/mol. The molecule has 0 aliphatic carbocycles. The number of rotatable bonds is 1. The van der Waals surface area contributed by atoms with Gasteiger partial charge in [0.2, 0.25) is 0 Å². The van der Waals surface area contributed by atoms with Gasteiger partial charge in [-0.3, -0.25) is 0 Å². The second kappa shape index (κ2) is 2.46. The highest BCUT2D eigenvalue weighted by atomic mass is 15.0. The van der Waals surface area contributed by atoms with E-state index in [-0.39, 0.29) is 0 Å². The van der Waals surface area contributed by atoms with Crippen LogP contribution in [0.4, 0.5) is 0 Å². The van der Waals surface area contributed by atoms with Crippen LogP contribution in [0.25, 0.3) is 0 Å². The van der Waals surface area contributed by atoms with Crippen molar-refractivity contribution in [3.8, 4) is 0 Å². The Labute approximate surface area is 50.4 Å². The molecule has 1 heterocycles. The maximum Gasteiger partial charge on any atom is 0.0193 e. The molecule has 1 aliphatic rings. The Balaban J connectivity index is 2.22. The van der Waals surface area contributed by atoms with Crippen LogP contribution in [0.2, 0.25) is 0 Å². The summed E-state index contributed by atoms with van der Waals surface area (Å²) in [6.07, 6.45) is 2.56. The van der Waals surface area contributed by atoms with E-state index in [1.807, 2.05) is 0 Å². The van der Waals surface area contributed by atoms with Crippen molar-refractivity contribution >= 4 is 0 Å². The fraction of sp³-hybridized carbons (Fsp3) is 1.00. The first-order valence-electron chi connectivity index (χ1n) is 3.29. The summed E-state index contributed by atoms with van der Waals surface area (Å²) in [5, 5.41) is 3.38. The zero-order chi connectivity index (χ0) is 5.98. The van der Waals surface area contributed by atoms with Gasteiger partial charge in [-0.25, -0.2) is 0 Å². The fourth-order valence-corrected chi connectivity index (χ4v) is 1.21. The molecule has 0 aromatic heterocycles. The van der Waals surface area contributed by atoms with E-state index < -0.39 is 0 Å². The van der Waals surface area contributed by atoms with E-state index in [0.29, 0.717) is 12.1 Å². The van der Waals surface area contributed by atoms with Gasteiger partial charge in [0.1, 0.15) is 0 Å². The Morgan fingerprint density at radius 3 is 2.62 bits per heavy atom. The molecule has 0 aromatic carbocycles. The third-order valence-corrected chi connectivity index (χ3v) is 1.75. The molecule has 2 atom stereocenters. The molecule has 2 heteroatoms. The molecule has 1 fully saturated rings. The molecule has 0 radical (unpaired) electrons. The minimum atomic E-state index is 0.602. The summed E-state index contributed by atoms with van der Waals surface area (Å²) in [6, 6.07) is 1.30. The number of hydrogen-bond donors (Lipinski definition) is 2. The Kier molecular flexibility index (Phi) is 1.86. The van der Waals surface area contributed by atoms with Crippen molar-refractivity contribution in [3.05, 3.63) is 0 Å². The van der Waals surface area contributed by atoms with E-state index >= 15 is 0 Å². The zero-order valence-electron chi connectivity index (χ0n) is 5.35. The summed E-state index contributed by atoms with van der Waals surface area (Å²) in [7, 11) is 0. The predicted molar refractivity (Wildman–Crippen MR) is 34.7 cm³/mol. The number of nitrogens with one attached hydrogen (secondary N) is 1. The topological polar surface area (TPSA) is 38.0 Å². The minimum Gasteiger partial charge on any atom is -0.329 e. The normalized spacial score (nSPS) is 38.2. The Bertz CT molecular complexity index is 72.9. The van der Waals surface area contributed by atoms with Crippen LogP contribution in [0, 0.1) is 0 Å². The summed E-state index contributed by atoms with van der Waals surface area (Å²) < 4.78 is 0. The molecule has 0 saturated carbocycles. The van der Waals surface area contributed by atoms with Crippen LogP contribution in [0.1, 0.15) is 19.8 Å². The summed E-state index contributed by atoms with van der Waals surface area (Å²) in [5.41, 5.74) is 5.43.